The number of thiophene rings is 1. The maximum Gasteiger partial charge on any atom is 0.324 e. The van der Waals surface area contributed by atoms with E-state index in [0.717, 1.165) is 41.8 Å². The van der Waals surface area contributed by atoms with Crippen LogP contribution in [0.1, 0.15) is 49.6 Å². The number of hydrogen-bond acceptors (Lipinski definition) is 8. The van der Waals surface area contributed by atoms with Crippen LogP contribution in [0.4, 0.5) is 11.6 Å². The van der Waals surface area contributed by atoms with Gasteiger partial charge in [0, 0.05) is 17.0 Å². The highest BCUT2D eigenvalue weighted by Gasteiger charge is 2.22. The Kier molecular flexibility index (Phi) is 4.69. The van der Waals surface area contributed by atoms with Gasteiger partial charge in [0.25, 0.3) is 6.20 Å². The highest BCUT2D eigenvalue weighted by molar-refractivity contribution is 7.21. The number of nitrogens with two attached hydrogens (primary N) is 1. The number of hydrogen-bond donors (Lipinski definition) is 1. The van der Waals surface area contributed by atoms with Gasteiger partial charge in [0.1, 0.15) is 4.83 Å². The van der Waals surface area contributed by atoms with Crippen molar-refractivity contribution in [1.82, 2.24) is 10.3 Å². The first-order valence-electron chi connectivity index (χ1n) is 9.12. The smallest absolute Gasteiger partial charge is 0.324 e. The molecule has 0 radical (unpaired) electrons. The summed E-state index contributed by atoms with van der Waals surface area (Å²) in [5, 5.41) is 19.5. The summed E-state index contributed by atoms with van der Waals surface area (Å²) in [5.74, 6) is 0.0304. The van der Waals surface area contributed by atoms with Gasteiger partial charge in [-0.3, -0.25) is 4.52 Å². The van der Waals surface area contributed by atoms with Crippen LogP contribution in [0, 0.1) is 0 Å². The molecule has 0 amide bonds. The van der Waals surface area contributed by atoms with Crippen LogP contribution in [0.2, 0.25) is 0 Å². The van der Waals surface area contributed by atoms with E-state index in [0.29, 0.717) is 16.5 Å². The molecule has 0 aliphatic carbocycles. The van der Waals surface area contributed by atoms with Gasteiger partial charge in [0.05, 0.1) is 28.4 Å². The highest BCUT2D eigenvalue weighted by Crippen LogP contribution is 2.33. The average Bonchev–Trinajstić information content (AvgIpc) is 3.27. The van der Waals surface area contributed by atoms with Crippen LogP contribution in [0.25, 0.3) is 10.2 Å². The van der Waals surface area contributed by atoms with Crippen molar-refractivity contribution in [3.8, 4) is 0 Å². The van der Waals surface area contributed by atoms with E-state index in [-0.39, 0.29) is 5.88 Å². The van der Waals surface area contributed by atoms with Crippen molar-refractivity contribution in [1.29, 1.82) is 0 Å². The minimum atomic E-state index is -0.441. The molecule has 4 heterocycles. The molecule has 0 spiro atoms. The van der Waals surface area contributed by atoms with Crippen molar-refractivity contribution in [2.45, 2.75) is 39.0 Å². The second kappa shape index (κ2) is 7.15. The average molecular weight is 386 g/mol. The zero-order valence-corrected chi connectivity index (χ0v) is 16.2. The predicted octanol–water partition coefficient (Wildman–Crippen LogP) is 1.84. The molecule has 4 rings (SSSR count). The Bertz CT molecular complexity index is 987. The lowest BCUT2D eigenvalue weighted by Crippen LogP contribution is -2.60. The highest BCUT2D eigenvalue weighted by atomic mass is 32.1. The largest absolute Gasteiger partial charge is 0.857 e. The van der Waals surface area contributed by atoms with Crippen molar-refractivity contribution in [2.24, 2.45) is 4.99 Å². The molecule has 0 bridgehead atoms. The first-order chi connectivity index (χ1) is 13.0. The predicted molar refractivity (Wildman–Crippen MR) is 103 cm³/mol. The summed E-state index contributed by atoms with van der Waals surface area (Å²) in [6, 6.07) is 3.86. The summed E-state index contributed by atoms with van der Waals surface area (Å²) >= 11 is 1.26. The van der Waals surface area contributed by atoms with Crippen molar-refractivity contribution < 1.29 is 14.4 Å². The molecule has 142 valence electrons. The van der Waals surface area contributed by atoms with E-state index in [4.69, 9.17) is 10.3 Å². The van der Waals surface area contributed by atoms with Gasteiger partial charge in [-0.15, -0.1) is 11.3 Å². The first kappa shape index (κ1) is 17.7. The molecule has 0 aromatic carbocycles. The third-order valence-electron chi connectivity index (χ3n) is 4.68. The number of aliphatic imine (C=N–C) groups is 1. The Morgan fingerprint density at radius 2 is 2.11 bits per heavy atom. The number of nitrogen functional groups attached to an aromatic ring is 1. The fourth-order valence-electron chi connectivity index (χ4n) is 3.14. The molecule has 27 heavy (non-hydrogen) atoms. The van der Waals surface area contributed by atoms with Gasteiger partial charge in [-0.05, 0) is 37.3 Å². The number of nitrogens with zero attached hydrogens (tertiary/aromatic N) is 5. The van der Waals surface area contributed by atoms with Gasteiger partial charge < -0.3 is 10.8 Å². The number of fused-ring (bicyclic) bond motifs is 1. The molecule has 9 heteroatoms. The number of aromatic nitrogens is 3. The summed E-state index contributed by atoms with van der Waals surface area (Å²) in [6.45, 7) is 5.98. The second-order valence-electron chi connectivity index (χ2n) is 6.98. The molecule has 8 nitrogen and oxygen atoms in total. The van der Waals surface area contributed by atoms with Gasteiger partial charge in [0.2, 0.25) is 5.27 Å². The lowest BCUT2D eigenvalue weighted by molar-refractivity contribution is -0.759. The fourth-order valence-corrected chi connectivity index (χ4v) is 4.12. The van der Waals surface area contributed by atoms with Crippen LogP contribution < -0.4 is 20.6 Å². The Morgan fingerprint density at radius 3 is 2.85 bits per heavy atom. The minimum Gasteiger partial charge on any atom is -0.857 e. The number of rotatable bonds is 4. The summed E-state index contributed by atoms with van der Waals surface area (Å²) in [5.41, 5.74) is 7.55. The number of pyridine rings is 1. The molecular weight excluding hydrogens is 364 g/mol. The molecule has 1 aliphatic rings. The molecular formula is C18H22N6O2S. The maximum absolute atomic E-state index is 12.6. The Labute approximate surface area is 160 Å². The Hall–Kier alpha value is -2.68. The van der Waals surface area contributed by atoms with Crippen molar-refractivity contribution in [2.75, 3.05) is 23.8 Å². The molecule has 0 saturated carbocycles. The molecule has 3 aromatic heterocycles. The van der Waals surface area contributed by atoms with Crippen LogP contribution in [0.15, 0.2) is 27.8 Å². The Morgan fingerprint density at radius 1 is 1.33 bits per heavy atom. The quantitative estimate of drug-likeness (QED) is 0.416. The van der Waals surface area contributed by atoms with Gasteiger partial charge in [-0.25, -0.2) is 9.98 Å². The van der Waals surface area contributed by atoms with Gasteiger partial charge in [0.15, 0.2) is 0 Å². The van der Waals surface area contributed by atoms with Crippen LogP contribution in [-0.4, -0.2) is 29.2 Å². The topological polar surface area (TPSA) is 107 Å². The van der Waals surface area contributed by atoms with E-state index < -0.39 is 5.90 Å². The molecule has 1 fully saturated rings. The van der Waals surface area contributed by atoms with E-state index in [1.807, 2.05) is 12.1 Å². The van der Waals surface area contributed by atoms with Crippen molar-refractivity contribution in [3.63, 3.8) is 0 Å². The summed E-state index contributed by atoms with van der Waals surface area (Å²) < 4.78 is 5.21. The lowest BCUT2D eigenvalue weighted by Gasteiger charge is -2.17. The molecule has 0 unspecified atom stereocenters. The Balaban J connectivity index is 1.63. The van der Waals surface area contributed by atoms with Crippen LogP contribution in [0.5, 0.6) is 0 Å². The van der Waals surface area contributed by atoms with E-state index in [1.54, 1.807) is 11.0 Å². The van der Waals surface area contributed by atoms with Gasteiger partial charge >= 0.3 is 5.88 Å². The standard InChI is InChI=1S/C18H22N6O2S/c1-11(2)13-7-6-12-15(19)16(27-18(12)20-13)17(25)21-14-10-24(22-26-14)23-8-4-3-5-9-23/h6-7,10-11H,3-5,8-9H2,1-2H3,(H2-,19,21,22,25). The molecule has 2 N–H and O–H groups in total. The lowest BCUT2D eigenvalue weighted by atomic mass is 10.1. The van der Waals surface area contributed by atoms with E-state index >= 15 is 0 Å². The number of anilines is 1. The molecule has 1 aliphatic heterocycles. The molecule has 0 atom stereocenters. The van der Waals surface area contributed by atoms with Crippen LogP contribution in [0.3, 0.4) is 0 Å². The maximum atomic E-state index is 12.6. The third-order valence-corrected chi connectivity index (χ3v) is 5.78. The van der Waals surface area contributed by atoms with Crippen LogP contribution >= 0.6 is 11.3 Å². The van der Waals surface area contributed by atoms with E-state index in [1.165, 1.54) is 17.8 Å². The van der Waals surface area contributed by atoms with Gasteiger partial charge in [-0.2, -0.15) is 5.01 Å². The van der Waals surface area contributed by atoms with Crippen LogP contribution in [-0.2, 0) is 0 Å². The normalized spacial score (nSPS) is 15.8. The van der Waals surface area contributed by atoms with Crippen molar-refractivity contribution >= 4 is 39.0 Å². The summed E-state index contributed by atoms with van der Waals surface area (Å²) in [4.78, 5) is 11.4. The number of piperidine rings is 1. The van der Waals surface area contributed by atoms with Crippen molar-refractivity contribution in [3.05, 3.63) is 28.9 Å². The summed E-state index contributed by atoms with van der Waals surface area (Å²) in [6.07, 6.45) is 5.09. The minimum absolute atomic E-state index is 0.165. The fraction of sp³-hybridized carbons (Fsp3) is 0.444. The zero-order chi connectivity index (χ0) is 19.0. The summed E-state index contributed by atoms with van der Waals surface area (Å²) in [7, 11) is 0. The molecule has 1 saturated heterocycles. The van der Waals surface area contributed by atoms with E-state index in [2.05, 4.69) is 34.1 Å². The second-order valence-corrected chi connectivity index (χ2v) is 7.98. The third kappa shape index (κ3) is 3.46. The SMILES string of the molecule is CC(C)c1ccc2c(N)c(/C([O-])=N/c3c[n+](N4CCCCC4)no3)sc2n1. The van der Waals surface area contributed by atoms with Gasteiger partial charge in [-0.1, -0.05) is 13.8 Å². The monoisotopic (exact) mass is 386 g/mol. The first-order valence-corrected chi connectivity index (χ1v) is 9.93. The van der Waals surface area contributed by atoms with E-state index in [9.17, 15) is 5.11 Å². The molecule has 3 aromatic rings. The zero-order valence-electron chi connectivity index (χ0n) is 15.4.